The Balaban J connectivity index is 1.81. The summed E-state index contributed by atoms with van der Waals surface area (Å²) >= 11 is 0. The van der Waals surface area contributed by atoms with Gasteiger partial charge in [0.05, 0.1) is 29.3 Å². The van der Waals surface area contributed by atoms with E-state index in [4.69, 9.17) is 29.2 Å². The fraction of sp³-hybridized carbons (Fsp3) is 0.484. The summed E-state index contributed by atoms with van der Waals surface area (Å²) in [5, 5.41) is 3.63. The van der Waals surface area contributed by atoms with Gasteiger partial charge in [0, 0.05) is 24.3 Å². The minimum atomic E-state index is -4.19. The molecule has 0 spiro atoms. The molecule has 3 heterocycles. The Kier molecular flexibility index (Phi) is 11.0. The molecule has 0 radical (unpaired) electrons. The van der Waals surface area contributed by atoms with Gasteiger partial charge in [-0.15, -0.1) is 0 Å². The van der Waals surface area contributed by atoms with Crippen molar-refractivity contribution in [3.05, 3.63) is 54.5 Å². The normalized spacial score (nSPS) is 15.2. The molecule has 0 unspecified atom stereocenters. The number of carbonyl (C=O) groups is 1. The number of aromatic nitrogens is 4. The zero-order valence-corrected chi connectivity index (χ0v) is 27.2. The molecular formula is C31H43N6O6P. The number of nitrogens with zero attached hydrogens (tertiary/aromatic N) is 4. The molecule has 0 aliphatic carbocycles. The molecule has 12 nitrogen and oxygen atoms in total. The van der Waals surface area contributed by atoms with Crippen LogP contribution in [0.5, 0.6) is 5.88 Å². The summed E-state index contributed by atoms with van der Waals surface area (Å²) in [5.41, 5.74) is 7.70. The van der Waals surface area contributed by atoms with Gasteiger partial charge in [-0.25, -0.2) is 19.5 Å². The Labute approximate surface area is 258 Å². The maximum Gasteiger partial charge on any atom is 0.460 e. The first-order valence-corrected chi connectivity index (χ1v) is 16.5. The number of anilines is 1. The fourth-order valence-electron chi connectivity index (χ4n) is 4.99. The number of imidazole rings is 1. The summed E-state index contributed by atoms with van der Waals surface area (Å²) in [4.78, 5) is 26.3. The van der Waals surface area contributed by atoms with E-state index in [-0.39, 0.29) is 25.2 Å². The maximum absolute atomic E-state index is 14.4. The average Bonchev–Trinajstić information content (AvgIpc) is 3.39. The van der Waals surface area contributed by atoms with E-state index in [1.807, 2.05) is 38.1 Å². The van der Waals surface area contributed by atoms with Crippen LogP contribution in [0.15, 0.2) is 48.7 Å². The molecule has 0 amide bonds. The van der Waals surface area contributed by atoms with Gasteiger partial charge >= 0.3 is 13.7 Å². The predicted octanol–water partition coefficient (Wildman–Crippen LogP) is 6.14. The Bertz CT molecular complexity index is 1610. The molecule has 0 saturated heterocycles. The molecule has 3 atom stereocenters. The van der Waals surface area contributed by atoms with Crippen LogP contribution in [0.3, 0.4) is 0 Å². The number of esters is 1. The van der Waals surface area contributed by atoms with E-state index in [1.165, 1.54) is 6.20 Å². The van der Waals surface area contributed by atoms with Crippen LogP contribution >= 0.6 is 7.75 Å². The molecule has 0 bridgehead atoms. The van der Waals surface area contributed by atoms with Crippen molar-refractivity contribution in [2.75, 3.05) is 18.9 Å². The highest BCUT2D eigenvalue weighted by atomic mass is 31.2. The van der Waals surface area contributed by atoms with Gasteiger partial charge in [-0.2, -0.15) is 5.09 Å². The quantitative estimate of drug-likeness (QED) is 0.109. The van der Waals surface area contributed by atoms with Gasteiger partial charge < -0.3 is 24.3 Å². The molecule has 4 aromatic rings. The summed E-state index contributed by atoms with van der Waals surface area (Å²) in [5.74, 6) is 0.433. The monoisotopic (exact) mass is 626 g/mol. The second-order valence-corrected chi connectivity index (χ2v) is 12.9. The van der Waals surface area contributed by atoms with Gasteiger partial charge in [-0.05, 0) is 53.2 Å². The Morgan fingerprint density at radius 2 is 1.86 bits per heavy atom. The van der Waals surface area contributed by atoms with Crippen LogP contribution in [-0.4, -0.2) is 50.8 Å². The average molecular weight is 627 g/mol. The third kappa shape index (κ3) is 7.74. The standard InChI is InChI=1S/C31H43N6O6P/c1-7-9-17-31(6,20-41-44(39,43-26-16-12-13-18-33-26)36-22(5)30(38)42-21(3)4)37-25(19-40-8-2)35-27-28(37)23-14-10-11-15-24(23)34-29(27)32/h10-16,18,21-22H,7-9,17,19-20H2,1-6H3,(H2,32,34)(H,36,39)/t22-,31-,44+/m0/s1. The number of rotatable bonds is 16. The van der Waals surface area contributed by atoms with Crippen molar-refractivity contribution in [1.29, 1.82) is 0 Å². The zero-order chi connectivity index (χ0) is 31.9. The van der Waals surface area contributed by atoms with Crippen molar-refractivity contribution < 1.29 is 27.9 Å². The molecule has 0 aliphatic heterocycles. The molecule has 3 aromatic heterocycles. The third-order valence-corrected chi connectivity index (χ3v) is 8.69. The third-order valence-electron chi connectivity index (χ3n) is 7.09. The van der Waals surface area contributed by atoms with E-state index >= 15 is 0 Å². The second-order valence-electron chi connectivity index (χ2n) is 11.2. The van der Waals surface area contributed by atoms with Gasteiger partial charge in [0.1, 0.15) is 24.0 Å². The van der Waals surface area contributed by atoms with Crippen LogP contribution in [0.1, 0.15) is 66.6 Å². The number of nitrogens with two attached hydrogens (primary N) is 1. The summed E-state index contributed by atoms with van der Waals surface area (Å²) in [6, 6.07) is 11.7. The lowest BCUT2D eigenvalue weighted by Crippen LogP contribution is -2.40. The molecule has 13 heteroatoms. The lowest BCUT2D eigenvalue weighted by molar-refractivity contribution is -0.149. The van der Waals surface area contributed by atoms with Gasteiger partial charge in [-0.1, -0.05) is 44.0 Å². The number of unbranched alkanes of at least 4 members (excludes halogenated alkanes) is 1. The molecule has 0 aliphatic rings. The number of nitrogen functional groups attached to an aromatic ring is 1. The largest absolute Gasteiger partial charge is 0.462 e. The molecule has 238 valence electrons. The number of fused-ring (bicyclic) bond motifs is 3. The first-order valence-electron chi connectivity index (χ1n) is 15.0. The van der Waals surface area contributed by atoms with Crippen LogP contribution in [-0.2, 0) is 35.5 Å². The number of benzene rings is 1. The molecule has 3 N–H and O–H groups in total. The molecule has 4 rings (SSSR count). The van der Waals surface area contributed by atoms with Gasteiger partial charge in [0.15, 0.2) is 5.82 Å². The van der Waals surface area contributed by atoms with Crippen molar-refractivity contribution in [2.45, 2.75) is 85.1 Å². The topological polar surface area (TPSA) is 153 Å². The van der Waals surface area contributed by atoms with Crippen LogP contribution in [0.2, 0.25) is 0 Å². The summed E-state index contributed by atoms with van der Waals surface area (Å²) < 4.78 is 39.7. The highest BCUT2D eigenvalue weighted by Gasteiger charge is 2.39. The highest BCUT2D eigenvalue weighted by Crippen LogP contribution is 2.47. The smallest absolute Gasteiger partial charge is 0.460 e. The van der Waals surface area contributed by atoms with E-state index in [2.05, 4.69) is 26.5 Å². The lowest BCUT2D eigenvalue weighted by atomic mass is 9.94. The van der Waals surface area contributed by atoms with Crippen LogP contribution in [0, 0.1) is 0 Å². The van der Waals surface area contributed by atoms with Crippen molar-refractivity contribution in [3.8, 4) is 5.88 Å². The fourth-order valence-corrected chi connectivity index (χ4v) is 6.55. The SMILES string of the molecule is CCCC[C@@](C)(CO[P@](=O)(N[C@@H](C)C(=O)OC(C)C)Oc1ccccn1)n1c(COCC)nc2c(N)nc3ccccc3c21. The second kappa shape index (κ2) is 14.5. The number of carbonyl (C=O) groups excluding carboxylic acids is 1. The number of para-hydroxylation sites is 1. The minimum absolute atomic E-state index is 0.0722. The molecular weight excluding hydrogens is 583 g/mol. The van der Waals surface area contributed by atoms with Crippen molar-refractivity contribution >= 4 is 41.5 Å². The van der Waals surface area contributed by atoms with Crippen LogP contribution in [0.4, 0.5) is 5.82 Å². The van der Waals surface area contributed by atoms with Crippen LogP contribution in [0.25, 0.3) is 21.9 Å². The minimum Gasteiger partial charge on any atom is -0.462 e. The molecule has 44 heavy (non-hydrogen) atoms. The van der Waals surface area contributed by atoms with E-state index < -0.39 is 25.3 Å². The van der Waals surface area contributed by atoms with E-state index in [1.54, 1.807) is 39.0 Å². The maximum atomic E-state index is 14.4. The zero-order valence-electron chi connectivity index (χ0n) is 26.3. The Morgan fingerprint density at radius 3 is 2.55 bits per heavy atom. The first-order chi connectivity index (χ1) is 21.0. The van der Waals surface area contributed by atoms with Crippen molar-refractivity contribution in [3.63, 3.8) is 0 Å². The molecule has 1 aromatic carbocycles. The van der Waals surface area contributed by atoms with Gasteiger partial charge in [0.25, 0.3) is 0 Å². The number of nitrogens with one attached hydrogen (secondary N) is 1. The Morgan fingerprint density at radius 1 is 1.11 bits per heavy atom. The number of pyridine rings is 2. The predicted molar refractivity (Wildman–Crippen MR) is 170 cm³/mol. The molecule has 0 saturated carbocycles. The lowest BCUT2D eigenvalue weighted by Gasteiger charge is -2.35. The summed E-state index contributed by atoms with van der Waals surface area (Å²) in [6.45, 7) is 11.7. The summed E-state index contributed by atoms with van der Waals surface area (Å²) in [7, 11) is -4.19. The number of ether oxygens (including phenoxy) is 2. The van der Waals surface area contributed by atoms with Gasteiger partial charge in [0.2, 0.25) is 5.88 Å². The van der Waals surface area contributed by atoms with E-state index in [9.17, 15) is 9.36 Å². The van der Waals surface area contributed by atoms with E-state index in [0.29, 0.717) is 30.2 Å². The number of hydrogen-bond acceptors (Lipinski definition) is 10. The van der Waals surface area contributed by atoms with Crippen LogP contribution < -0.4 is 15.3 Å². The van der Waals surface area contributed by atoms with Crippen molar-refractivity contribution in [1.82, 2.24) is 24.6 Å². The highest BCUT2D eigenvalue weighted by molar-refractivity contribution is 7.52. The van der Waals surface area contributed by atoms with Crippen molar-refractivity contribution in [2.24, 2.45) is 0 Å². The Hall–Kier alpha value is -3.57. The molecule has 0 fully saturated rings. The van der Waals surface area contributed by atoms with E-state index in [0.717, 1.165) is 29.3 Å². The number of hydrogen-bond donors (Lipinski definition) is 2. The summed E-state index contributed by atoms with van der Waals surface area (Å²) in [6.07, 6.45) is 3.55. The van der Waals surface area contributed by atoms with Gasteiger partial charge in [-0.3, -0.25) is 9.32 Å². The first kappa shape index (κ1) is 33.3.